The largest absolute Gasteiger partial charge is 0.548 e. The Kier molecular flexibility index (Phi) is 3.18. The van der Waals surface area contributed by atoms with Crippen molar-refractivity contribution in [3.05, 3.63) is 30.6 Å². The van der Waals surface area contributed by atoms with Crippen LogP contribution in [-0.4, -0.2) is 22.0 Å². The molecular weight excluding hydrogens is 218 g/mol. The molecule has 0 aliphatic heterocycles. The first-order chi connectivity index (χ1) is 8.22. The molecule has 0 saturated heterocycles. The van der Waals surface area contributed by atoms with Crippen LogP contribution in [0.15, 0.2) is 30.6 Å². The van der Waals surface area contributed by atoms with E-state index in [9.17, 15) is 9.90 Å². The lowest BCUT2D eigenvalue weighted by Gasteiger charge is -2.19. The Bertz CT molecular complexity index is 537. The lowest BCUT2D eigenvalue weighted by molar-refractivity contribution is -0.306. The molecule has 17 heavy (non-hydrogen) atoms. The molecule has 0 saturated carbocycles. The lowest BCUT2D eigenvalue weighted by Crippen LogP contribution is -2.40. The van der Waals surface area contributed by atoms with Gasteiger partial charge in [0.1, 0.15) is 12.1 Å². The Hall–Kier alpha value is -2.17. The maximum absolute atomic E-state index is 10.9. The Morgan fingerprint density at radius 3 is 2.88 bits per heavy atom. The molecule has 1 aromatic heterocycles. The first-order valence-corrected chi connectivity index (χ1v) is 5.39. The summed E-state index contributed by atoms with van der Waals surface area (Å²) >= 11 is 0. The van der Waals surface area contributed by atoms with E-state index in [1.165, 1.54) is 6.33 Å². The predicted molar refractivity (Wildman–Crippen MR) is 62.2 cm³/mol. The number of nitrogens with zero attached hydrogens (tertiary/aromatic N) is 2. The van der Waals surface area contributed by atoms with Crippen molar-refractivity contribution < 1.29 is 9.90 Å². The summed E-state index contributed by atoms with van der Waals surface area (Å²) in [5.41, 5.74) is 0.776. The molecule has 1 heterocycles. The fraction of sp³-hybridized carbons (Fsp3) is 0.250. The number of carboxylic acids is 1. The van der Waals surface area contributed by atoms with Gasteiger partial charge in [0.05, 0.1) is 17.5 Å². The van der Waals surface area contributed by atoms with E-state index in [1.807, 2.05) is 24.3 Å². The summed E-state index contributed by atoms with van der Waals surface area (Å²) in [7, 11) is 0. The third-order valence-corrected chi connectivity index (χ3v) is 2.55. The smallest absolute Gasteiger partial charge is 0.137 e. The van der Waals surface area contributed by atoms with Gasteiger partial charge in [0.25, 0.3) is 0 Å². The van der Waals surface area contributed by atoms with Crippen molar-refractivity contribution in [3.8, 4) is 0 Å². The van der Waals surface area contributed by atoms with Gasteiger partial charge >= 0.3 is 0 Å². The van der Waals surface area contributed by atoms with Gasteiger partial charge in [-0.15, -0.1) is 0 Å². The number of fused-ring (bicyclic) bond motifs is 1. The number of anilines is 1. The normalized spacial score (nSPS) is 12.3. The molecule has 0 aliphatic rings. The standard InChI is InChI=1S/C12H13N3O2/c1-2-9(12(16)17)15-11-8-5-3-4-6-10(8)13-7-14-11/h3-7,9H,2H2,1H3,(H,16,17)(H,13,14,15)/p-1/t9-/m1/s1. The highest BCUT2D eigenvalue weighted by molar-refractivity contribution is 5.90. The lowest BCUT2D eigenvalue weighted by atomic mass is 10.2. The van der Waals surface area contributed by atoms with Crippen LogP contribution in [-0.2, 0) is 4.79 Å². The van der Waals surface area contributed by atoms with E-state index in [0.717, 1.165) is 10.9 Å². The zero-order valence-corrected chi connectivity index (χ0v) is 9.38. The van der Waals surface area contributed by atoms with Crippen LogP contribution in [0, 0.1) is 0 Å². The summed E-state index contributed by atoms with van der Waals surface area (Å²) in [4.78, 5) is 19.0. The number of carbonyl (C=O) groups excluding carboxylic acids is 1. The van der Waals surface area contributed by atoms with Gasteiger partial charge in [0, 0.05) is 5.39 Å². The van der Waals surface area contributed by atoms with Crippen molar-refractivity contribution in [2.75, 3.05) is 5.32 Å². The molecule has 0 aliphatic carbocycles. The summed E-state index contributed by atoms with van der Waals surface area (Å²) in [5, 5.41) is 14.5. The number of aliphatic carboxylic acids is 1. The number of benzene rings is 1. The van der Waals surface area contributed by atoms with E-state index in [4.69, 9.17) is 0 Å². The quantitative estimate of drug-likeness (QED) is 0.830. The molecule has 0 amide bonds. The molecule has 0 radical (unpaired) electrons. The van der Waals surface area contributed by atoms with Gasteiger partial charge in [-0.3, -0.25) is 0 Å². The van der Waals surface area contributed by atoms with Crippen LogP contribution in [0.4, 0.5) is 5.82 Å². The van der Waals surface area contributed by atoms with Crippen molar-refractivity contribution in [1.29, 1.82) is 0 Å². The maximum Gasteiger partial charge on any atom is 0.137 e. The zero-order valence-electron chi connectivity index (χ0n) is 9.38. The molecule has 1 aromatic carbocycles. The van der Waals surface area contributed by atoms with E-state index in [0.29, 0.717) is 12.2 Å². The van der Waals surface area contributed by atoms with Crippen LogP contribution in [0.1, 0.15) is 13.3 Å². The second-order valence-corrected chi connectivity index (χ2v) is 3.66. The molecule has 5 nitrogen and oxygen atoms in total. The van der Waals surface area contributed by atoms with E-state index in [2.05, 4.69) is 15.3 Å². The van der Waals surface area contributed by atoms with Crippen LogP contribution >= 0.6 is 0 Å². The fourth-order valence-corrected chi connectivity index (χ4v) is 1.61. The molecule has 2 aromatic rings. The van der Waals surface area contributed by atoms with Crippen molar-refractivity contribution in [3.63, 3.8) is 0 Å². The SMILES string of the molecule is CC[C@@H](Nc1ncnc2ccccc12)C(=O)[O-]. The van der Waals surface area contributed by atoms with E-state index >= 15 is 0 Å². The average molecular weight is 230 g/mol. The third-order valence-electron chi connectivity index (χ3n) is 2.55. The predicted octanol–water partition coefficient (Wildman–Crippen LogP) is 0.570. The highest BCUT2D eigenvalue weighted by Gasteiger charge is 2.10. The Labute approximate surface area is 98.5 Å². The van der Waals surface area contributed by atoms with Crippen LogP contribution in [0.5, 0.6) is 0 Å². The first-order valence-electron chi connectivity index (χ1n) is 5.39. The molecule has 88 valence electrons. The van der Waals surface area contributed by atoms with Crippen molar-refractivity contribution >= 4 is 22.7 Å². The summed E-state index contributed by atoms with van der Waals surface area (Å²) in [6, 6.07) is 6.68. The Balaban J connectivity index is 2.38. The van der Waals surface area contributed by atoms with Crippen molar-refractivity contribution in [2.24, 2.45) is 0 Å². The molecule has 0 fully saturated rings. The van der Waals surface area contributed by atoms with E-state index in [1.54, 1.807) is 6.92 Å². The topological polar surface area (TPSA) is 77.9 Å². The van der Waals surface area contributed by atoms with E-state index < -0.39 is 12.0 Å². The van der Waals surface area contributed by atoms with Gasteiger partial charge in [0.15, 0.2) is 0 Å². The van der Waals surface area contributed by atoms with Crippen LogP contribution in [0.2, 0.25) is 0 Å². The summed E-state index contributed by atoms with van der Waals surface area (Å²) in [6.07, 6.45) is 1.84. The fourth-order valence-electron chi connectivity index (χ4n) is 1.61. The van der Waals surface area contributed by atoms with Gasteiger partial charge in [-0.2, -0.15) is 0 Å². The zero-order chi connectivity index (χ0) is 12.3. The number of aromatic nitrogens is 2. The number of carbonyl (C=O) groups is 1. The highest BCUT2D eigenvalue weighted by Crippen LogP contribution is 2.19. The average Bonchev–Trinajstić information content (AvgIpc) is 2.35. The number of carboxylic acid groups (broad SMARTS) is 1. The number of para-hydroxylation sites is 1. The molecule has 0 bridgehead atoms. The Morgan fingerprint density at radius 2 is 2.18 bits per heavy atom. The van der Waals surface area contributed by atoms with Gasteiger partial charge in [-0.25, -0.2) is 9.97 Å². The molecule has 2 rings (SSSR count). The van der Waals surface area contributed by atoms with E-state index in [-0.39, 0.29) is 0 Å². The molecular formula is C12H12N3O2-. The maximum atomic E-state index is 10.9. The number of hydrogen-bond donors (Lipinski definition) is 1. The highest BCUT2D eigenvalue weighted by atomic mass is 16.4. The molecule has 0 spiro atoms. The first kappa shape index (κ1) is 11.3. The summed E-state index contributed by atoms with van der Waals surface area (Å²) < 4.78 is 0. The minimum Gasteiger partial charge on any atom is -0.548 e. The van der Waals surface area contributed by atoms with Crippen molar-refractivity contribution in [1.82, 2.24) is 9.97 Å². The monoisotopic (exact) mass is 230 g/mol. The second kappa shape index (κ2) is 4.78. The number of rotatable bonds is 4. The summed E-state index contributed by atoms with van der Waals surface area (Å²) in [5.74, 6) is -0.609. The Morgan fingerprint density at radius 1 is 1.41 bits per heavy atom. The minimum absolute atomic E-state index is 0.431. The third kappa shape index (κ3) is 2.33. The van der Waals surface area contributed by atoms with Gasteiger partial charge in [-0.05, 0) is 18.6 Å². The molecule has 0 unspecified atom stereocenters. The van der Waals surface area contributed by atoms with Gasteiger partial charge in [0.2, 0.25) is 0 Å². The van der Waals surface area contributed by atoms with Crippen LogP contribution in [0.3, 0.4) is 0 Å². The summed E-state index contributed by atoms with van der Waals surface area (Å²) in [6.45, 7) is 1.77. The molecule has 1 atom stereocenters. The number of nitrogens with one attached hydrogen (secondary N) is 1. The van der Waals surface area contributed by atoms with Gasteiger partial charge < -0.3 is 15.2 Å². The number of hydrogen-bond acceptors (Lipinski definition) is 5. The minimum atomic E-state index is -1.13. The second-order valence-electron chi connectivity index (χ2n) is 3.66. The van der Waals surface area contributed by atoms with Crippen LogP contribution < -0.4 is 10.4 Å². The van der Waals surface area contributed by atoms with Crippen LogP contribution in [0.25, 0.3) is 10.9 Å². The van der Waals surface area contributed by atoms with Gasteiger partial charge in [-0.1, -0.05) is 19.1 Å². The van der Waals surface area contributed by atoms with Crippen molar-refractivity contribution in [2.45, 2.75) is 19.4 Å². The molecule has 1 N–H and O–H groups in total. The molecule has 5 heteroatoms.